The Morgan fingerprint density at radius 1 is 1.16 bits per heavy atom. The summed E-state index contributed by atoms with van der Waals surface area (Å²) < 4.78 is 7.67. The van der Waals surface area contributed by atoms with Gasteiger partial charge in [0.05, 0.1) is 18.3 Å². The predicted octanol–water partition coefficient (Wildman–Crippen LogP) is 5.80. The van der Waals surface area contributed by atoms with Crippen molar-refractivity contribution < 1.29 is 4.74 Å². The zero-order valence-corrected chi connectivity index (χ0v) is 16.0. The van der Waals surface area contributed by atoms with Gasteiger partial charge in [0.25, 0.3) is 6.01 Å². The fraction of sp³-hybridized carbons (Fsp3) is 0.500. The molecule has 0 amide bonds. The van der Waals surface area contributed by atoms with E-state index in [1.54, 1.807) is 18.4 Å². The first kappa shape index (κ1) is 16.6. The molecule has 0 saturated heterocycles. The molecule has 1 aromatic carbocycles. The Hall–Kier alpha value is -1.88. The number of benzene rings is 1. The number of hydrogen-bond donors (Lipinski definition) is 0. The van der Waals surface area contributed by atoms with E-state index >= 15 is 0 Å². The van der Waals surface area contributed by atoms with Gasteiger partial charge >= 0.3 is 0 Å². The number of hydrogen-bond acceptors (Lipinski definition) is 4. The van der Waals surface area contributed by atoms with E-state index in [4.69, 9.17) is 14.7 Å². The maximum atomic E-state index is 5.52. The molecule has 3 aromatic rings. The lowest BCUT2D eigenvalue weighted by atomic mass is 9.87. The smallest absolute Gasteiger partial charge is 0.297 e. The van der Waals surface area contributed by atoms with Crippen molar-refractivity contribution in [3.05, 3.63) is 29.3 Å². The molecule has 2 heterocycles. The molecule has 0 unspecified atom stereocenters. The Balaban J connectivity index is 1.78. The molecule has 0 atom stereocenters. The van der Waals surface area contributed by atoms with Crippen LogP contribution in [0.15, 0.2) is 23.6 Å². The van der Waals surface area contributed by atoms with Crippen LogP contribution in [0.2, 0.25) is 0 Å². The largest absolute Gasteiger partial charge is 0.468 e. The number of rotatable bonds is 4. The number of nitrogens with zero attached hydrogens (tertiary/aromatic N) is 3. The summed E-state index contributed by atoms with van der Waals surface area (Å²) in [6.07, 6.45) is 6.61. The third-order valence-corrected chi connectivity index (χ3v) is 6.06. The van der Waals surface area contributed by atoms with Crippen LogP contribution < -0.4 is 4.74 Å². The predicted molar refractivity (Wildman–Crippen MR) is 104 cm³/mol. The molecule has 1 fully saturated rings. The fourth-order valence-electron chi connectivity index (χ4n) is 3.91. The Labute approximate surface area is 152 Å². The summed E-state index contributed by atoms with van der Waals surface area (Å²) in [7, 11) is 1.68. The van der Waals surface area contributed by atoms with Gasteiger partial charge in [-0.05, 0) is 38.8 Å². The minimum atomic E-state index is 0.296. The van der Waals surface area contributed by atoms with Gasteiger partial charge in [-0.15, -0.1) is 11.3 Å². The molecular weight excluding hydrogens is 330 g/mol. The summed E-state index contributed by atoms with van der Waals surface area (Å²) in [5.74, 6) is 0.640. The van der Waals surface area contributed by atoms with E-state index in [-0.39, 0.29) is 0 Å². The lowest BCUT2D eigenvalue weighted by Crippen LogP contribution is -2.04. The summed E-state index contributed by atoms with van der Waals surface area (Å²) in [5, 5.41) is 3.32. The van der Waals surface area contributed by atoms with Crippen LogP contribution in [0.25, 0.3) is 21.6 Å². The molecule has 0 radical (unpaired) electrons. The molecule has 25 heavy (non-hydrogen) atoms. The Bertz CT molecular complexity index is 874. The number of methoxy groups -OCH3 is 1. The molecule has 1 aliphatic rings. The first-order chi connectivity index (χ1) is 12.2. The summed E-state index contributed by atoms with van der Waals surface area (Å²) >= 11 is 1.74. The monoisotopic (exact) mass is 355 g/mol. The topological polar surface area (TPSA) is 39.9 Å². The van der Waals surface area contributed by atoms with Crippen molar-refractivity contribution in [2.75, 3.05) is 7.11 Å². The standard InChI is InChI=1S/C20H25N3OS/c1-13(2)23-17-11-7-10-15(18(17)22-20(23)24-3)19-21-16(12-25-19)14-8-5-4-6-9-14/h7,10-14H,4-6,8-9H2,1-3H3. The van der Waals surface area contributed by atoms with Gasteiger partial charge in [0, 0.05) is 22.9 Å². The summed E-state index contributed by atoms with van der Waals surface area (Å²) in [5.41, 5.74) is 4.48. The summed E-state index contributed by atoms with van der Waals surface area (Å²) in [4.78, 5) is 9.75. The van der Waals surface area contributed by atoms with Crippen molar-refractivity contribution in [2.45, 2.75) is 57.9 Å². The molecule has 2 aromatic heterocycles. The van der Waals surface area contributed by atoms with E-state index in [2.05, 4.69) is 42.0 Å². The number of aromatic nitrogens is 3. The average Bonchev–Trinajstić information content (AvgIpc) is 3.26. The molecule has 0 N–H and O–H groups in total. The Kier molecular flexibility index (Phi) is 4.50. The second-order valence-corrected chi connectivity index (χ2v) is 8.01. The quantitative estimate of drug-likeness (QED) is 0.594. The van der Waals surface area contributed by atoms with Crippen molar-refractivity contribution in [2.24, 2.45) is 0 Å². The summed E-state index contributed by atoms with van der Waals surface area (Å²) in [6.45, 7) is 4.31. The molecule has 5 heteroatoms. The molecular formula is C20H25N3OS. The average molecular weight is 356 g/mol. The zero-order valence-electron chi connectivity index (χ0n) is 15.2. The number of fused-ring (bicyclic) bond motifs is 1. The van der Waals surface area contributed by atoms with Gasteiger partial charge in [0.1, 0.15) is 10.5 Å². The van der Waals surface area contributed by atoms with Crippen LogP contribution in [0.4, 0.5) is 0 Å². The van der Waals surface area contributed by atoms with Crippen LogP contribution in [0.3, 0.4) is 0 Å². The van der Waals surface area contributed by atoms with Gasteiger partial charge in [-0.3, -0.25) is 4.57 Å². The highest BCUT2D eigenvalue weighted by Crippen LogP contribution is 2.38. The number of thiazole rings is 1. The van der Waals surface area contributed by atoms with Gasteiger partial charge in [0.15, 0.2) is 0 Å². The van der Waals surface area contributed by atoms with E-state index in [0.29, 0.717) is 18.0 Å². The second kappa shape index (κ2) is 6.79. The van der Waals surface area contributed by atoms with Gasteiger partial charge < -0.3 is 4.74 Å². The lowest BCUT2D eigenvalue weighted by molar-refractivity contribution is 0.350. The van der Waals surface area contributed by atoms with Crippen LogP contribution in [0.1, 0.15) is 63.6 Å². The van der Waals surface area contributed by atoms with E-state index in [0.717, 1.165) is 21.6 Å². The minimum absolute atomic E-state index is 0.296. The fourth-order valence-corrected chi connectivity index (χ4v) is 4.83. The summed E-state index contributed by atoms with van der Waals surface area (Å²) in [6, 6.07) is 7.30. The normalized spacial score (nSPS) is 16.0. The van der Waals surface area contributed by atoms with E-state index in [1.165, 1.54) is 37.8 Å². The van der Waals surface area contributed by atoms with E-state index in [9.17, 15) is 0 Å². The van der Waals surface area contributed by atoms with E-state index in [1.807, 2.05) is 0 Å². The van der Waals surface area contributed by atoms with Crippen molar-refractivity contribution in [3.63, 3.8) is 0 Å². The van der Waals surface area contributed by atoms with Crippen molar-refractivity contribution in [1.29, 1.82) is 0 Å². The van der Waals surface area contributed by atoms with Gasteiger partial charge in [0.2, 0.25) is 0 Å². The Morgan fingerprint density at radius 2 is 1.96 bits per heavy atom. The van der Waals surface area contributed by atoms with Crippen molar-refractivity contribution in [1.82, 2.24) is 14.5 Å². The number of imidazole rings is 1. The molecule has 0 bridgehead atoms. The van der Waals surface area contributed by atoms with Crippen molar-refractivity contribution >= 4 is 22.4 Å². The zero-order chi connectivity index (χ0) is 17.4. The molecule has 1 aliphatic carbocycles. The third-order valence-electron chi connectivity index (χ3n) is 5.16. The lowest BCUT2D eigenvalue weighted by Gasteiger charge is -2.19. The number of ether oxygens (including phenoxy) is 1. The number of para-hydroxylation sites is 1. The van der Waals surface area contributed by atoms with Crippen LogP contribution in [-0.2, 0) is 0 Å². The molecule has 4 rings (SSSR count). The van der Waals surface area contributed by atoms with Crippen LogP contribution in [-0.4, -0.2) is 21.6 Å². The minimum Gasteiger partial charge on any atom is -0.468 e. The maximum absolute atomic E-state index is 5.52. The van der Waals surface area contributed by atoms with E-state index < -0.39 is 0 Å². The third kappa shape index (κ3) is 2.95. The first-order valence-electron chi connectivity index (χ1n) is 9.19. The highest BCUT2D eigenvalue weighted by Gasteiger charge is 2.21. The van der Waals surface area contributed by atoms with Gasteiger partial charge in [-0.2, -0.15) is 4.98 Å². The highest BCUT2D eigenvalue weighted by atomic mass is 32.1. The highest BCUT2D eigenvalue weighted by molar-refractivity contribution is 7.13. The van der Waals surface area contributed by atoms with Gasteiger partial charge in [-0.1, -0.05) is 25.3 Å². The van der Waals surface area contributed by atoms with Gasteiger partial charge in [-0.25, -0.2) is 4.98 Å². The Morgan fingerprint density at radius 3 is 2.68 bits per heavy atom. The SMILES string of the molecule is COc1nc2c(-c3nc(C4CCCCC4)cs3)cccc2n1C(C)C. The van der Waals surface area contributed by atoms with Crippen LogP contribution in [0, 0.1) is 0 Å². The maximum Gasteiger partial charge on any atom is 0.297 e. The first-order valence-corrected chi connectivity index (χ1v) is 10.1. The molecule has 0 aliphatic heterocycles. The molecule has 1 saturated carbocycles. The van der Waals surface area contributed by atoms with Crippen LogP contribution in [0.5, 0.6) is 6.01 Å². The van der Waals surface area contributed by atoms with Crippen LogP contribution >= 0.6 is 11.3 Å². The molecule has 0 spiro atoms. The second-order valence-electron chi connectivity index (χ2n) is 7.15. The molecule has 4 nitrogen and oxygen atoms in total. The molecule has 132 valence electrons. The van der Waals surface area contributed by atoms with Crippen molar-refractivity contribution in [3.8, 4) is 16.6 Å².